The number of aryl methyl sites for hydroxylation is 2. The third-order valence-electron chi connectivity index (χ3n) is 5.44. The molecule has 0 N–H and O–H groups in total. The molecule has 0 bridgehead atoms. The fraction of sp³-hybridized carbons (Fsp3) is 0.429. The smallest absolute Gasteiger partial charge is 0.165 e. The number of hydrogen-bond donors (Lipinski definition) is 0. The van der Waals surface area contributed by atoms with Gasteiger partial charge in [0.15, 0.2) is 5.65 Å². The molecule has 6 heteroatoms. The molecular formula is C21H25ClN4O. The third-order valence-corrected chi connectivity index (χ3v) is 5.76. The Bertz CT molecular complexity index is 1010. The number of aromatic nitrogens is 3. The Hall–Kier alpha value is -2.27. The first-order valence-corrected chi connectivity index (χ1v) is 9.96. The second-order valence-electron chi connectivity index (χ2n) is 6.93. The number of anilines is 1. The van der Waals surface area contributed by atoms with Gasteiger partial charge >= 0.3 is 0 Å². The van der Waals surface area contributed by atoms with E-state index < -0.39 is 0 Å². The molecule has 1 aliphatic carbocycles. The molecule has 0 atom stereocenters. The fourth-order valence-electron chi connectivity index (χ4n) is 4.10. The van der Waals surface area contributed by atoms with Crippen LogP contribution in [0.3, 0.4) is 0 Å². The number of halogens is 1. The minimum absolute atomic E-state index is 0.652. The molecule has 2 aromatic heterocycles. The van der Waals surface area contributed by atoms with Crippen molar-refractivity contribution in [2.45, 2.75) is 40.0 Å². The molecular weight excluding hydrogens is 360 g/mol. The molecule has 0 saturated carbocycles. The van der Waals surface area contributed by atoms with E-state index in [1.807, 2.05) is 29.6 Å². The standard InChI is InChI=1S/C21H25ClN4O/c1-5-25(6-2)21-16-8-7-9-18(16)23-20-19(13(3)24-26(20)21)15-11-10-14(27-4)12-17(15)22/h10-12H,5-9H2,1-4H3. The van der Waals surface area contributed by atoms with Crippen LogP contribution in [0.25, 0.3) is 16.8 Å². The Labute approximate surface area is 164 Å². The van der Waals surface area contributed by atoms with Crippen molar-refractivity contribution < 1.29 is 4.74 Å². The SMILES string of the molecule is CCN(CC)c1c2c(nc3c(-c4ccc(OC)cc4Cl)c(C)nn13)CCC2. The maximum Gasteiger partial charge on any atom is 0.165 e. The Kier molecular flexibility index (Phi) is 4.72. The lowest BCUT2D eigenvalue weighted by molar-refractivity contribution is 0.415. The van der Waals surface area contributed by atoms with Crippen LogP contribution < -0.4 is 9.64 Å². The molecule has 2 heterocycles. The van der Waals surface area contributed by atoms with Gasteiger partial charge < -0.3 is 9.64 Å². The van der Waals surface area contributed by atoms with Crippen molar-refractivity contribution in [2.75, 3.05) is 25.1 Å². The number of methoxy groups -OCH3 is 1. The lowest BCUT2D eigenvalue weighted by Gasteiger charge is -2.24. The predicted octanol–water partition coefficient (Wildman–Crippen LogP) is 4.70. The lowest BCUT2D eigenvalue weighted by Crippen LogP contribution is -2.26. The zero-order valence-electron chi connectivity index (χ0n) is 16.3. The molecule has 0 radical (unpaired) electrons. The van der Waals surface area contributed by atoms with Crippen LogP contribution in [0.5, 0.6) is 5.75 Å². The van der Waals surface area contributed by atoms with E-state index in [0.717, 1.165) is 60.6 Å². The summed E-state index contributed by atoms with van der Waals surface area (Å²) in [6.07, 6.45) is 3.25. The summed E-state index contributed by atoms with van der Waals surface area (Å²) in [6, 6.07) is 5.78. The monoisotopic (exact) mass is 384 g/mol. The average Bonchev–Trinajstić information content (AvgIpc) is 3.26. The summed E-state index contributed by atoms with van der Waals surface area (Å²) in [4.78, 5) is 7.41. The summed E-state index contributed by atoms with van der Waals surface area (Å²) in [6.45, 7) is 8.30. The van der Waals surface area contributed by atoms with Gasteiger partial charge in [-0.15, -0.1) is 0 Å². The van der Waals surface area contributed by atoms with E-state index in [9.17, 15) is 0 Å². The van der Waals surface area contributed by atoms with Crippen molar-refractivity contribution in [3.8, 4) is 16.9 Å². The highest BCUT2D eigenvalue weighted by molar-refractivity contribution is 6.33. The summed E-state index contributed by atoms with van der Waals surface area (Å²) in [5.74, 6) is 1.94. The molecule has 0 fully saturated rings. The second-order valence-corrected chi connectivity index (χ2v) is 7.34. The van der Waals surface area contributed by atoms with Gasteiger partial charge in [-0.2, -0.15) is 9.61 Å². The molecule has 142 valence electrons. The molecule has 4 rings (SSSR count). The number of nitrogens with zero attached hydrogens (tertiary/aromatic N) is 4. The Morgan fingerprint density at radius 3 is 2.67 bits per heavy atom. The van der Waals surface area contributed by atoms with E-state index in [4.69, 9.17) is 26.4 Å². The number of rotatable bonds is 5. The zero-order valence-corrected chi connectivity index (χ0v) is 17.1. The van der Waals surface area contributed by atoms with Gasteiger partial charge in [0.25, 0.3) is 0 Å². The summed E-state index contributed by atoms with van der Waals surface area (Å²) in [7, 11) is 1.65. The maximum atomic E-state index is 6.59. The molecule has 0 unspecified atom stereocenters. The molecule has 27 heavy (non-hydrogen) atoms. The van der Waals surface area contributed by atoms with Gasteiger partial charge in [0.1, 0.15) is 11.6 Å². The molecule has 5 nitrogen and oxygen atoms in total. The largest absolute Gasteiger partial charge is 0.497 e. The molecule has 1 aliphatic rings. The first kappa shape index (κ1) is 18.1. The van der Waals surface area contributed by atoms with Crippen molar-refractivity contribution in [3.63, 3.8) is 0 Å². The van der Waals surface area contributed by atoms with Crippen LogP contribution >= 0.6 is 11.6 Å². The molecule has 0 amide bonds. The predicted molar refractivity (Wildman–Crippen MR) is 110 cm³/mol. The molecule has 0 saturated heterocycles. The van der Waals surface area contributed by atoms with Gasteiger partial charge in [-0.1, -0.05) is 11.6 Å². The summed E-state index contributed by atoms with van der Waals surface area (Å²) >= 11 is 6.59. The van der Waals surface area contributed by atoms with E-state index in [-0.39, 0.29) is 0 Å². The first-order valence-electron chi connectivity index (χ1n) is 9.58. The van der Waals surface area contributed by atoms with Crippen LogP contribution in [-0.2, 0) is 12.8 Å². The summed E-state index contributed by atoms with van der Waals surface area (Å²) < 4.78 is 7.33. The van der Waals surface area contributed by atoms with Crippen molar-refractivity contribution in [3.05, 3.63) is 40.2 Å². The Morgan fingerprint density at radius 2 is 2.00 bits per heavy atom. The van der Waals surface area contributed by atoms with Gasteiger partial charge in [-0.25, -0.2) is 4.98 Å². The van der Waals surface area contributed by atoms with Crippen molar-refractivity contribution in [1.29, 1.82) is 0 Å². The van der Waals surface area contributed by atoms with Crippen LogP contribution in [0, 0.1) is 6.92 Å². The van der Waals surface area contributed by atoms with Crippen molar-refractivity contribution in [1.82, 2.24) is 14.6 Å². The lowest BCUT2D eigenvalue weighted by atomic mass is 10.1. The van der Waals surface area contributed by atoms with Crippen LogP contribution in [0.1, 0.15) is 37.2 Å². The van der Waals surface area contributed by atoms with Crippen LogP contribution in [0.15, 0.2) is 18.2 Å². The first-order chi connectivity index (χ1) is 13.1. The quantitative estimate of drug-likeness (QED) is 0.639. The van der Waals surface area contributed by atoms with Gasteiger partial charge in [-0.3, -0.25) is 0 Å². The zero-order chi connectivity index (χ0) is 19.1. The Morgan fingerprint density at radius 1 is 1.22 bits per heavy atom. The van der Waals surface area contributed by atoms with E-state index in [1.165, 1.54) is 17.1 Å². The third kappa shape index (κ3) is 2.85. The molecule has 3 aromatic rings. The van der Waals surface area contributed by atoms with Gasteiger partial charge in [0.2, 0.25) is 0 Å². The fourth-order valence-corrected chi connectivity index (χ4v) is 4.37. The van der Waals surface area contributed by atoms with E-state index in [1.54, 1.807) is 7.11 Å². The van der Waals surface area contributed by atoms with Crippen molar-refractivity contribution >= 4 is 23.1 Å². The molecule has 0 aliphatic heterocycles. The minimum atomic E-state index is 0.652. The highest BCUT2D eigenvalue weighted by Gasteiger charge is 2.26. The van der Waals surface area contributed by atoms with Gasteiger partial charge in [0.05, 0.1) is 23.4 Å². The highest BCUT2D eigenvalue weighted by atomic mass is 35.5. The summed E-state index contributed by atoms with van der Waals surface area (Å²) in [5.41, 5.74) is 6.33. The molecule has 0 spiro atoms. The van der Waals surface area contributed by atoms with E-state index in [0.29, 0.717) is 5.02 Å². The topological polar surface area (TPSA) is 42.7 Å². The normalized spacial score (nSPS) is 13.2. The average molecular weight is 385 g/mol. The number of benzene rings is 1. The number of ether oxygens (including phenoxy) is 1. The van der Waals surface area contributed by atoms with Crippen LogP contribution in [0.4, 0.5) is 5.82 Å². The van der Waals surface area contributed by atoms with E-state index in [2.05, 4.69) is 18.7 Å². The number of hydrogen-bond acceptors (Lipinski definition) is 4. The minimum Gasteiger partial charge on any atom is -0.497 e. The number of fused-ring (bicyclic) bond motifs is 2. The van der Waals surface area contributed by atoms with Crippen LogP contribution in [0.2, 0.25) is 5.02 Å². The maximum absolute atomic E-state index is 6.59. The summed E-state index contributed by atoms with van der Waals surface area (Å²) in [5, 5.41) is 5.54. The second kappa shape index (κ2) is 7.04. The highest BCUT2D eigenvalue weighted by Crippen LogP contribution is 2.39. The van der Waals surface area contributed by atoms with E-state index >= 15 is 0 Å². The van der Waals surface area contributed by atoms with Gasteiger partial charge in [-0.05, 0) is 58.2 Å². The van der Waals surface area contributed by atoms with Crippen LogP contribution in [-0.4, -0.2) is 34.8 Å². The van der Waals surface area contributed by atoms with Gasteiger partial charge in [0, 0.05) is 29.9 Å². The molecule has 1 aromatic carbocycles. The Balaban J connectivity index is 2.02. The van der Waals surface area contributed by atoms with Crippen molar-refractivity contribution in [2.24, 2.45) is 0 Å².